The molecule has 0 radical (unpaired) electrons. The van der Waals surface area contributed by atoms with E-state index in [0.29, 0.717) is 32.6 Å². The molecule has 1 atom stereocenters. The first-order chi connectivity index (χ1) is 18.0. The van der Waals surface area contributed by atoms with Gasteiger partial charge in [0.25, 0.3) is 0 Å². The van der Waals surface area contributed by atoms with Gasteiger partial charge in [0.2, 0.25) is 5.91 Å². The van der Waals surface area contributed by atoms with Crippen LogP contribution in [-0.2, 0) is 33.8 Å². The summed E-state index contributed by atoms with van der Waals surface area (Å²) in [5, 5.41) is 11.7. The molecule has 2 amide bonds. The van der Waals surface area contributed by atoms with Crippen molar-refractivity contribution >= 4 is 23.7 Å². The highest BCUT2D eigenvalue weighted by Crippen LogP contribution is 2.19. The number of benzene rings is 3. The molecule has 0 saturated carbocycles. The molecule has 0 spiro atoms. The van der Waals surface area contributed by atoms with Crippen molar-refractivity contribution in [2.75, 3.05) is 31.1 Å². The van der Waals surface area contributed by atoms with Crippen LogP contribution in [-0.4, -0.2) is 60.2 Å². The highest BCUT2D eigenvalue weighted by molar-refractivity contribution is 5.86. The fourth-order valence-corrected chi connectivity index (χ4v) is 4.36. The quantitative estimate of drug-likeness (QED) is 0.466. The van der Waals surface area contributed by atoms with Crippen molar-refractivity contribution in [3.8, 4) is 0 Å². The fraction of sp³-hybridized carbons (Fsp3) is 0.276. The molecule has 1 aliphatic heterocycles. The van der Waals surface area contributed by atoms with Crippen LogP contribution in [0.1, 0.15) is 16.7 Å². The number of carboxylic acids is 1. The number of amides is 2. The zero-order valence-electron chi connectivity index (χ0n) is 20.6. The SMILES string of the molecule is O=C(O)Cc1ccc(N2CCN(C(=O)[C@@H](Cc3ccccc3)NC(=O)OCc3ccccc3)CC2)cc1. The maximum absolute atomic E-state index is 13.5. The molecule has 37 heavy (non-hydrogen) atoms. The molecule has 2 N–H and O–H groups in total. The summed E-state index contributed by atoms with van der Waals surface area (Å²) >= 11 is 0. The number of rotatable bonds is 9. The number of nitrogens with one attached hydrogen (secondary N) is 1. The molecule has 3 aromatic carbocycles. The summed E-state index contributed by atoms with van der Waals surface area (Å²) < 4.78 is 5.38. The number of aliphatic carboxylic acids is 1. The second-order valence-electron chi connectivity index (χ2n) is 9.00. The van der Waals surface area contributed by atoms with E-state index in [1.807, 2.05) is 84.9 Å². The van der Waals surface area contributed by atoms with E-state index in [0.717, 1.165) is 22.4 Å². The molecular weight excluding hydrogens is 470 g/mol. The molecule has 8 heteroatoms. The molecular formula is C29H31N3O5. The van der Waals surface area contributed by atoms with E-state index < -0.39 is 18.1 Å². The Morgan fingerprint density at radius 1 is 0.784 bits per heavy atom. The van der Waals surface area contributed by atoms with Gasteiger partial charge < -0.3 is 25.0 Å². The molecule has 1 aliphatic rings. The third-order valence-electron chi connectivity index (χ3n) is 6.33. The predicted molar refractivity (Wildman–Crippen MR) is 140 cm³/mol. The predicted octanol–water partition coefficient (Wildman–Crippen LogP) is 3.50. The average molecular weight is 502 g/mol. The third kappa shape index (κ3) is 7.57. The number of carbonyl (C=O) groups is 3. The number of piperazine rings is 1. The molecule has 0 aromatic heterocycles. The number of ether oxygens (including phenoxy) is 1. The first-order valence-corrected chi connectivity index (χ1v) is 12.3. The van der Waals surface area contributed by atoms with Gasteiger partial charge in [-0.1, -0.05) is 72.8 Å². The van der Waals surface area contributed by atoms with Gasteiger partial charge in [-0.05, 0) is 28.8 Å². The van der Waals surface area contributed by atoms with E-state index in [4.69, 9.17) is 9.84 Å². The van der Waals surface area contributed by atoms with Crippen LogP contribution in [0.3, 0.4) is 0 Å². The first kappa shape index (κ1) is 25.8. The Morgan fingerprint density at radius 2 is 1.38 bits per heavy atom. The average Bonchev–Trinajstić information content (AvgIpc) is 2.92. The zero-order chi connectivity index (χ0) is 26.0. The summed E-state index contributed by atoms with van der Waals surface area (Å²) in [4.78, 5) is 40.9. The van der Waals surface area contributed by atoms with Crippen LogP contribution in [0.25, 0.3) is 0 Å². The molecule has 0 bridgehead atoms. The molecule has 1 heterocycles. The summed E-state index contributed by atoms with van der Waals surface area (Å²) in [6.45, 7) is 2.44. The lowest BCUT2D eigenvalue weighted by atomic mass is 10.0. The first-order valence-electron chi connectivity index (χ1n) is 12.3. The van der Waals surface area contributed by atoms with Crippen LogP contribution in [0.5, 0.6) is 0 Å². The normalized spacial score (nSPS) is 14.1. The highest BCUT2D eigenvalue weighted by atomic mass is 16.5. The van der Waals surface area contributed by atoms with E-state index >= 15 is 0 Å². The Morgan fingerprint density at radius 3 is 1.97 bits per heavy atom. The number of hydrogen-bond acceptors (Lipinski definition) is 5. The summed E-state index contributed by atoms with van der Waals surface area (Å²) in [5.41, 5.74) is 3.56. The molecule has 3 aromatic rings. The van der Waals surface area contributed by atoms with Gasteiger partial charge >= 0.3 is 12.1 Å². The zero-order valence-corrected chi connectivity index (χ0v) is 20.6. The maximum Gasteiger partial charge on any atom is 0.408 e. The monoisotopic (exact) mass is 501 g/mol. The molecule has 0 unspecified atom stereocenters. The number of nitrogens with zero attached hydrogens (tertiary/aromatic N) is 2. The molecule has 4 rings (SSSR count). The van der Waals surface area contributed by atoms with Crippen molar-refractivity contribution in [1.82, 2.24) is 10.2 Å². The van der Waals surface area contributed by atoms with Crippen molar-refractivity contribution in [3.05, 3.63) is 102 Å². The number of alkyl carbamates (subject to hydrolysis) is 1. The molecule has 192 valence electrons. The molecule has 0 aliphatic carbocycles. The Balaban J connectivity index is 1.36. The molecule has 1 fully saturated rings. The summed E-state index contributed by atoms with van der Waals surface area (Å²) in [5.74, 6) is -1.00. The van der Waals surface area contributed by atoms with Gasteiger partial charge in [-0.2, -0.15) is 0 Å². The standard InChI is InChI=1S/C29H31N3O5/c33-27(34)20-23-11-13-25(14-12-23)31-15-17-32(18-16-31)28(35)26(19-22-7-3-1-4-8-22)30-29(36)37-21-24-9-5-2-6-10-24/h1-14,26H,15-21H2,(H,30,36)(H,33,34)/t26-/m1/s1. The fourth-order valence-electron chi connectivity index (χ4n) is 4.36. The van der Waals surface area contributed by atoms with Gasteiger partial charge in [0, 0.05) is 38.3 Å². The van der Waals surface area contributed by atoms with Crippen LogP contribution in [0, 0.1) is 0 Å². The van der Waals surface area contributed by atoms with Crippen molar-refractivity contribution in [3.63, 3.8) is 0 Å². The van der Waals surface area contributed by atoms with Crippen LogP contribution in [0.4, 0.5) is 10.5 Å². The Hall–Kier alpha value is -4.33. The van der Waals surface area contributed by atoms with E-state index in [-0.39, 0.29) is 18.9 Å². The van der Waals surface area contributed by atoms with Crippen molar-refractivity contribution in [2.45, 2.75) is 25.5 Å². The summed E-state index contributed by atoms with van der Waals surface area (Å²) in [7, 11) is 0. The van der Waals surface area contributed by atoms with Crippen LogP contribution >= 0.6 is 0 Å². The number of carboxylic acid groups (broad SMARTS) is 1. The van der Waals surface area contributed by atoms with Gasteiger partial charge in [-0.15, -0.1) is 0 Å². The lowest BCUT2D eigenvalue weighted by molar-refractivity contribution is -0.136. The smallest absolute Gasteiger partial charge is 0.408 e. The van der Waals surface area contributed by atoms with E-state index in [1.165, 1.54) is 0 Å². The Kier molecular flexibility index (Phi) is 8.75. The van der Waals surface area contributed by atoms with Crippen molar-refractivity contribution < 1.29 is 24.2 Å². The summed E-state index contributed by atoms with van der Waals surface area (Å²) in [6.07, 6.45) is -0.268. The minimum Gasteiger partial charge on any atom is -0.481 e. The van der Waals surface area contributed by atoms with Gasteiger partial charge in [0.05, 0.1) is 6.42 Å². The highest BCUT2D eigenvalue weighted by Gasteiger charge is 2.29. The minimum absolute atomic E-state index is 0.00779. The number of hydrogen-bond donors (Lipinski definition) is 2. The number of carbonyl (C=O) groups excluding carboxylic acids is 2. The maximum atomic E-state index is 13.5. The van der Waals surface area contributed by atoms with Crippen LogP contribution in [0.15, 0.2) is 84.9 Å². The van der Waals surface area contributed by atoms with Gasteiger partial charge in [-0.25, -0.2) is 4.79 Å². The van der Waals surface area contributed by atoms with Gasteiger partial charge in [-0.3, -0.25) is 9.59 Å². The van der Waals surface area contributed by atoms with Gasteiger partial charge in [0.15, 0.2) is 0 Å². The second-order valence-corrected chi connectivity index (χ2v) is 9.00. The Bertz CT molecular complexity index is 1180. The summed E-state index contributed by atoms with van der Waals surface area (Å²) in [6, 6.07) is 25.7. The Labute approximate surface area is 216 Å². The lowest BCUT2D eigenvalue weighted by Gasteiger charge is -2.37. The third-order valence-corrected chi connectivity index (χ3v) is 6.33. The minimum atomic E-state index is -0.859. The number of anilines is 1. The van der Waals surface area contributed by atoms with E-state index in [9.17, 15) is 14.4 Å². The van der Waals surface area contributed by atoms with Crippen LogP contribution < -0.4 is 10.2 Å². The van der Waals surface area contributed by atoms with Crippen LogP contribution in [0.2, 0.25) is 0 Å². The topological polar surface area (TPSA) is 99.2 Å². The van der Waals surface area contributed by atoms with Crippen molar-refractivity contribution in [1.29, 1.82) is 0 Å². The molecule has 8 nitrogen and oxygen atoms in total. The van der Waals surface area contributed by atoms with E-state index in [1.54, 1.807) is 4.90 Å². The largest absolute Gasteiger partial charge is 0.481 e. The van der Waals surface area contributed by atoms with Crippen molar-refractivity contribution in [2.24, 2.45) is 0 Å². The lowest BCUT2D eigenvalue weighted by Crippen LogP contribution is -2.55. The second kappa shape index (κ2) is 12.6. The molecule has 1 saturated heterocycles. The van der Waals surface area contributed by atoms with Gasteiger partial charge in [0.1, 0.15) is 12.6 Å². The van der Waals surface area contributed by atoms with E-state index in [2.05, 4.69) is 10.2 Å².